The van der Waals surface area contributed by atoms with E-state index in [9.17, 15) is 13.2 Å². The van der Waals surface area contributed by atoms with Crippen molar-refractivity contribution in [1.29, 1.82) is 0 Å². The number of ether oxygens (including phenoxy) is 1. The third-order valence-electron chi connectivity index (χ3n) is 3.92. The van der Waals surface area contributed by atoms with E-state index in [1.54, 1.807) is 30.3 Å². The van der Waals surface area contributed by atoms with Gasteiger partial charge in [0.2, 0.25) is 15.9 Å². The molecule has 0 bridgehead atoms. The fourth-order valence-corrected chi connectivity index (χ4v) is 4.09. The van der Waals surface area contributed by atoms with Crippen LogP contribution >= 0.6 is 23.2 Å². The molecule has 2 rings (SSSR count). The van der Waals surface area contributed by atoms with Gasteiger partial charge in [0.25, 0.3) is 0 Å². The van der Waals surface area contributed by atoms with Crippen LogP contribution < -0.4 is 14.4 Å². The number of aryl methyl sites for hydroxylation is 1. The molecule has 0 aliphatic rings. The Labute approximate surface area is 169 Å². The number of rotatable bonds is 6. The summed E-state index contributed by atoms with van der Waals surface area (Å²) in [6, 6.07) is 8.56. The van der Waals surface area contributed by atoms with Crippen LogP contribution in [0.3, 0.4) is 0 Å². The number of methoxy groups -OCH3 is 1. The van der Waals surface area contributed by atoms with Gasteiger partial charge in [-0.15, -0.1) is 0 Å². The highest BCUT2D eigenvalue weighted by atomic mass is 35.5. The van der Waals surface area contributed by atoms with Crippen LogP contribution in [0, 0.1) is 6.92 Å². The Morgan fingerprint density at radius 2 is 1.74 bits per heavy atom. The lowest BCUT2D eigenvalue weighted by atomic mass is 10.2. The molecule has 1 N–H and O–H groups in total. The fourth-order valence-electron chi connectivity index (χ4n) is 2.58. The van der Waals surface area contributed by atoms with Crippen LogP contribution in [-0.4, -0.2) is 33.7 Å². The topological polar surface area (TPSA) is 75.7 Å². The van der Waals surface area contributed by atoms with E-state index >= 15 is 0 Å². The van der Waals surface area contributed by atoms with E-state index in [-0.39, 0.29) is 11.4 Å². The quantitative estimate of drug-likeness (QED) is 0.747. The SMILES string of the molecule is COc1ccc(Cl)cc1N([C@@H](C)C(=O)Nc1cc(Cl)ccc1C)S(C)(=O)=O. The summed E-state index contributed by atoms with van der Waals surface area (Å²) in [6.45, 7) is 3.29. The lowest BCUT2D eigenvalue weighted by Gasteiger charge is -2.29. The molecule has 0 heterocycles. The molecular weight excluding hydrogens is 411 g/mol. The Balaban J connectivity index is 2.44. The van der Waals surface area contributed by atoms with Crippen LogP contribution in [0.1, 0.15) is 12.5 Å². The zero-order valence-corrected chi connectivity index (χ0v) is 17.6. The van der Waals surface area contributed by atoms with Gasteiger partial charge in [0.05, 0.1) is 19.1 Å². The first-order valence-corrected chi connectivity index (χ1v) is 10.5. The molecular formula is C18H20Cl2N2O4S. The van der Waals surface area contributed by atoms with Gasteiger partial charge in [0.15, 0.2) is 0 Å². The maximum absolute atomic E-state index is 12.8. The first-order valence-electron chi connectivity index (χ1n) is 7.94. The van der Waals surface area contributed by atoms with Gasteiger partial charge in [0, 0.05) is 15.7 Å². The third-order valence-corrected chi connectivity index (χ3v) is 5.62. The van der Waals surface area contributed by atoms with Crippen molar-refractivity contribution in [3.63, 3.8) is 0 Å². The Bertz CT molecular complexity index is 964. The Morgan fingerprint density at radius 1 is 1.15 bits per heavy atom. The van der Waals surface area contributed by atoms with Crippen molar-refractivity contribution < 1.29 is 17.9 Å². The molecule has 2 aromatic rings. The number of hydrogen-bond acceptors (Lipinski definition) is 4. The van der Waals surface area contributed by atoms with E-state index in [1.807, 2.05) is 6.92 Å². The molecule has 2 aromatic carbocycles. The van der Waals surface area contributed by atoms with Crippen LogP contribution in [0.15, 0.2) is 36.4 Å². The van der Waals surface area contributed by atoms with E-state index in [0.29, 0.717) is 15.7 Å². The van der Waals surface area contributed by atoms with E-state index in [0.717, 1.165) is 16.1 Å². The van der Waals surface area contributed by atoms with Crippen molar-refractivity contribution in [3.8, 4) is 5.75 Å². The van der Waals surface area contributed by atoms with Crippen LogP contribution in [0.4, 0.5) is 11.4 Å². The van der Waals surface area contributed by atoms with Crippen LogP contribution in [0.5, 0.6) is 5.75 Å². The summed E-state index contributed by atoms with van der Waals surface area (Å²) in [5.41, 5.74) is 1.48. The van der Waals surface area contributed by atoms with Crippen molar-refractivity contribution >= 4 is 50.5 Å². The summed E-state index contributed by atoms with van der Waals surface area (Å²) in [7, 11) is -2.40. The second-order valence-corrected chi connectivity index (χ2v) is 8.73. The molecule has 0 aromatic heterocycles. The predicted molar refractivity (Wildman–Crippen MR) is 110 cm³/mol. The number of anilines is 2. The van der Waals surface area contributed by atoms with Crippen molar-refractivity contribution in [1.82, 2.24) is 0 Å². The number of hydrogen-bond donors (Lipinski definition) is 1. The van der Waals surface area contributed by atoms with Crippen molar-refractivity contribution in [2.45, 2.75) is 19.9 Å². The minimum atomic E-state index is -3.81. The van der Waals surface area contributed by atoms with Gasteiger partial charge in [0.1, 0.15) is 11.8 Å². The van der Waals surface area contributed by atoms with Crippen molar-refractivity contribution in [3.05, 3.63) is 52.0 Å². The average Bonchev–Trinajstić information content (AvgIpc) is 2.57. The van der Waals surface area contributed by atoms with Crippen LogP contribution in [-0.2, 0) is 14.8 Å². The maximum Gasteiger partial charge on any atom is 0.248 e. The molecule has 9 heteroatoms. The second kappa shape index (κ2) is 8.37. The van der Waals surface area contributed by atoms with Gasteiger partial charge >= 0.3 is 0 Å². The van der Waals surface area contributed by atoms with Gasteiger partial charge < -0.3 is 10.1 Å². The lowest BCUT2D eigenvalue weighted by Crippen LogP contribution is -2.45. The summed E-state index contributed by atoms with van der Waals surface area (Å²) in [5.74, 6) is -0.240. The Hall–Kier alpha value is -1.96. The van der Waals surface area contributed by atoms with E-state index in [4.69, 9.17) is 27.9 Å². The lowest BCUT2D eigenvalue weighted by molar-refractivity contribution is -0.116. The van der Waals surface area contributed by atoms with Gasteiger partial charge in [-0.25, -0.2) is 8.42 Å². The van der Waals surface area contributed by atoms with Gasteiger partial charge in [-0.1, -0.05) is 29.3 Å². The Morgan fingerprint density at radius 3 is 2.33 bits per heavy atom. The minimum Gasteiger partial charge on any atom is -0.495 e. The van der Waals surface area contributed by atoms with E-state index < -0.39 is 22.0 Å². The zero-order chi connectivity index (χ0) is 20.4. The highest BCUT2D eigenvalue weighted by Gasteiger charge is 2.31. The second-order valence-electron chi connectivity index (χ2n) is 6.00. The predicted octanol–water partition coefficient (Wildman–Crippen LogP) is 4.10. The molecule has 0 unspecified atom stereocenters. The summed E-state index contributed by atoms with van der Waals surface area (Å²) >= 11 is 12.0. The van der Waals surface area contributed by atoms with Crippen LogP contribution in [0.25, 0.3) is 0 Å². The van der Waals surface area contributed by atoms with Crippen molar-refractivity contribution in [2.75, 3.05) is 23.0 Å². The number of halogens is 2. The summed E-state index contributed by atoms with van der Waals surface area (Å²) in [5, 5.41) is 3.50. The number of benzene rings is 2. The molecule has 6 nitrogen and oxygen atoms in total. The number of carbonyl (C=O) groups is 1. The first kappa shape index (κ1) is 21.3. The number of sulfonamides is 1. The van der Waals surface area contributed by atoms with E-state index in [2.05, 4.69) is 5.32 Å². The molecule has 0 aliphatic carbocycles. The number of nitrogens with zero attached hydrogens (tertiary/aromatic N) is 1. The molecule has 0 saturated carbocycles. The van der Waals surface area contributed by atoms with Gasteiger partial charge in [-0.3, -0.25) is 9.10 Å². The largest absolute Gasteiger partial charge is 0.495 e. The molecule has 1 atom stereocenters. The highest BCUT2D eigenvalue weighted by Crippen LogP contribution is 2.34. The minimum absolute atomic E-state index is 0.179. The molecule has 0 spiro atoms. The summed E-state index contributed by atoms with van der Waals surface area (Å²) in [6.07, 6.45) is 1.02. The molecule has 0 saturated heterocycles. The highest BCUT2D eigenvalue weighted by molar-refractivity contribution is 7.92. The maximum atomic E-state index is 12.8. The zero-order valence-electron chi connectivity index (χ0n) is 15.3. The third kappa shape index (κ3) is 5.06. The normalized spacial score (nSPS) is 12.4. The number of amides is 1. The van der Waals surface area contributed by atoms with Gasteiger partial charge in [-0.05, 0) is 49.7 Å². The molecule has 0 aliphatic heterocycles. The number of nitrogens with one attached hydrogen (secondary N) is 1. The number of carbonyl (C=O) groups excluding carboxylic acids is 1. The monoisotopic (exact) mass is 430 g/mol. The molecule has 0 fully saturated rings. The molecule has 0 radical (unpaired) electrons. The van der Waals surface area contributed by atoms with Crippen molar-refractivity contribution in [2.24, 2.45) is 0 Å². The molecule has 146 valence electrons. The Kier molecular flexibility index (Phi) is 6.62. The van der Waals surface area contributed by atoms with Gasteiger partial charge in [-0.2, -0.15) is 0 Å². The molecule has 27 heavy (non-hydrogen) atoms. The summed E-state index contributed by atoms with van der Waals surface area (Å²) < 4.78 is 31.1. The average molecular weight is 431 g/mol. The fraction of sp³-hybridized carbons (Fsp3) is 0.278. The first-order chi connectivity index (χ1) is 12.5. The van der Waals surface area contributed by atoms with E-state index in [1.165, 1.54) is 20.1 Å². The standard InChI is InChI=1S/C18H20Cl2N2O4S/c1-11-5-6-13(19)9-15(11)21-18(23)12(2)22(27(4,24)25)16-10-14(20)7-8-17(16)26-3/h5-10,12H,1-4H3,(H,21,23)/t12-/m0/s1. The molecule has 1 amide bonds. The van der Waals surface area contributed by atoms with Crippen LogP contribution in [0.2, 0.25) is 10.0 Å². The summed E-state index contributed by atoms with van der Waals surface area (Å²) in [4.78, 5) is 12.8. The smallest absolute Gasteiger partial charge is 0.248 e.